The predicted molar refractivity (Wildman–Crippen MR) is 107 cm³/mol. The topological polar surface area (TPSA) is 40.2 Å². The number of hydrogen-bond acceptors (Lipinski definition) is 3. The Balaban J connectivity index is 1.69. The molecule has 0 atom stereocenters. The Morgan fingerprint density at radius 3 is 2.59 bits per heavy atom. The molecule has 0 bridgehead atoms. The van der Waals surface area contributed by atoms with Gasteiger partial charge in [-0.25, -0.2) is 4.98 Å². The molecule has 0 fully saturated rings. The van der Waals surface area contributed by atoms with Crippen LogP contribution in [0.25, 0.3) is 33.6 Å². The number of methoxy groups -OCH3 is 1. The summed E-state index contributed by atoms with van der Waals surface area (Å²) in [5.41, 5.74) is 4.07. The van der Waals surface area contributed by atoms with Crippen LogP contribution in [0.2, 0.25) is 0 Å². The molecule has 0 radical (unpaired) electrons. The van der Waals surface area contributed by atoms with Gasteiger partial charge >= 0.3 is 0 Å². The van der Waals surface area contributed by atoms with Gasteiger partial charge in [-0.3, -0.25) is 0 Å². The lowest BCUT2D eigenvalue weighted by Crippen LogP contribution is -2.01. The quantitative estimate of drug-likeness (QED) is 0.427. The number of ether oxygens (including phenoxy) is 1. The molecule has 0 saturated carbocycles. The molecule has 0 amide bonds. The third-order valence-corrected chi connectivity index (χ3v) is 4.79. The van der Waals surface area contributed by atoms with E-state index in [1.165, 1.54) is 5.56 Å². The summed E-state index contributed by atoms with van der Waals surface area (Å²) >= 11 is 0. The third kappa shape index (κ3) is 2.75. The lowest BCUT2D eigenvalue weighted by molar-refractivity contribution is 0.414. The van der Waals surface area contributed by atoms with Gasteiger partial charge in [0.25, 0.3) is 0 Å². The summed E-state index contributed by atoms with van der Waals surface area (Å²) in [5, 5.41) is 1.03. The van der Waals surface area contributed by atoms with Crippen molar-refractivity contribution in [3.63, 3.8) is 0 Å². The van der Waals surface area contributed by atoms with Gasteiger partial charge in [-0.05, 0) is 35.9 Å². The second kappa shape index (κ2) is 6.32. The number of furan rings is 1. The van der Waals surface area contributed by atoms with Gasteiger partial charge < -0.3 is 13.7 Å². The van der Waals surface area contributed by atoms with Crippen molar-refractivity contribution in [3.8, 4) is 17.3 Å². The predicted octanol–water partition coefficient (Wildman–Crippen LogP) is 5.51. The van der Waals surface area contributed by atoms with Crippen molar-refractivity contribution in [3.05, 3.63) is 84.4 Å². The molecule has 132 valence electrons. The van der Waals surface area contributed by atoms with Crippen molar-refractivity contribution < 1.29 is 9.15 Å². The molecular formula is C23H18N2O2. The molecule has 4 heteroatoms. The highest BCUT2D eigenvalue weighted by Gasteiger charge is 2.17. The number of nitrogens with zero attached hydrogens (tertiary/aromatic N) is 2. The van der Waals surface area contributed by atoms with Crippen LogP contribution in [0.5, 0.6) is 5.75 Å². The highest BCUT2D eigenvalue weighted by atomic mass is 16.5. The summed E-state index contributed by atoms with van der Waals surface area (Å²) in [6.07, 6.45) is 0. The molecular weight excluding hydrogens is 336 g/mol. The molecule has 3 aromatic carbocycles. The Morgan fingerprint density at radius 2 is 1.74 bits per heavy atom. The molecule has 0 spiro atoms. The first-order valence-electron chi connectivity index (χ1n) is 8.89. The first-order chi connectivity index (χ1) is 13.3. The van der Waals surface area contributed by atoms with Crippen LogP contribution >= 0.6 is 0 Å². The minimum atomic E-state index is 0.733. The highest BCUT2D eigenvalue weighted by molar-refractivity contribution is 5.85. The van der Waals surface area contributed by atoms with Crippen LogP contribution in [0.15, 0.2) is 83.3 Å². The molecule has 5 aromatic rings. The molecule has 0 aliphatic rings. The minimum absolute atomic E-state index is 0.733. The summed E-state index contributed by atoms with van der Waals surface area (Å²) in [6, 6.07) is 26.5. The van der Waals surface area contributed by atoms with Crippen molar-refractivity contribution in [2.45, 2.75) is 6.54 Å². The minimum Gasteiger partial charge on any atom is -0.497 e. The van der Waals surface area contributed by atoms with E-state index in [2.05, 4.69) is 34.9 Å². The van der Waals surface area contributed by atoms with E-state index in [0.717, 1.165) is 45.9 Å². The Hall–Kier alpha value is -3.53. The molecule has 0 aliphatic carbocycles. The van der Waals surface area contributed by atoms with Gasteiger partial charge in [0.2, 0.25) is 0 Å². The Kier molecular flexibility index (Phi) is 3.68. The second-order valence-electron chi connectivity index (χ2n) is 6.51. The summed E-state index contributed by atoms with van der Waals surface area (Å²) in [7, 11) is 1.66. The Bertz CT molecular complexity index is 1240. The third-order valence-electron chi connectivity index (χ3n) is 4.79. The zero-order valence-corrected chi connectivity index (χ0v) is 14.9. The van der Waals surface area contributed by atoms with Gasteiger partial charge in [-0.15, -0.1) is 0 Å². The van der Waals surface area contributed by atoms with Crippen LogP contribution in [0.1, 0.15) is 5.56 Å². The zero-order chi connectivity index (χ0) is 18.2. The smallest absolute Gasteiger partial charge is 0.177 e. The van der Waals surface area contributed by atoms with E-state index in [-0.39, 0.29) is 0 Å². The molecule has 0 saturated heterocycles. The number of aromatic nitrogens is 2. The van der Waals surface area contributed by atoms with Crippen LogP contribution < -0.4 is 4.74 Å². The summed E-state index contributed by atoms with van der Waals surface area (Å²) in [5.74, 6) is 2.36. The SMILES string of the molecule is COc1ccc2cc(-c3nc4ccccc4n3Cc3ccccc3)oc2c1. The van der Waals surface area contributed by atoms with E-state index in [9.17, 15) is 0 Å². The number of para-hydroxylation sites is 2. The number of benzene rings is 3. The average molecular weight is 354 g/mol. The van der Waals surface area contributed by atoms with Gasteiger partial charge in [0.05, 0.1) is 18.1 Å². The molecule has 4 nitrogen and oxygen atoms in total. The lowest BCUT2D eigenvalue weighted by atomic mass is 10.2. The van der Waals surface area contributed by atoms with Crippen molar-refractivity contribution in [2.24, 2.45) is 0 Å². The lowest BCUT2D eigenvalue weighted by Gasteiger charge is -2.08. The van der Waals surface area contributed by atoms with E-state index in [1.807, 2.05) is 48.5 Å². The Labute approximate surface area is 156 Å². The summed E-state index contributed by atoms with van der Waals surface area (Å²) in [4.78, 5) is 4.85. The monoisotopic (exact) mass is 354 g/mol. The van der Waals surface area contributed by atoms with Gasteiger partial charge in [0, 0.05) is 18.0 Å². The normalized spacial score (nSPS) is 11.3. The van der Waals surface area contributed by atoms with E-state index in [1.54, 1.807) is 7.11 Å². The van der Waals surface area contributed by atoms with E-state index in [0.29, 0.717) is 0 Å². The fourth-order valence-electron chi connectivity index (χ4n) is 3.44. The molecule has 0 aliphatic heterocycles. The zero-order valence-electron chi connectivity index (χ0n) is 14.9. The van der Waals surface area contributed by atoms with Gasteiger partial charge in [0.1, 0.15) is 11.3 Å². The summed E-state index contributed by atoms with van der Waals surface area (Å²) in [6.45, 7) is 0.733. The van der Waals surface area contributed by atoms with E-state index < -0.39 is 0 Å². The van der Waals surface area contributed by atoms with Crippen LogP contribution in [-0.2, 0) is 6.54 Å². The van der Waals surface area contributed by atoms with Gasteiger partial charge in [-0.2, -0.15) is 0 Å². The number of rotatable bonds is 4. The number of fused-ring (bicyclic) bond motifs is 2. The molecule has 2 aromatic heterocycles. The van der Waals surface area contributed by atoms with Crippen LogP contribution in [0, 0.1) is 0 Å². The molecule has 0 N–H and O–H groups in total. The first kappa shape index (κ1) is 15.7. The van der Waals surface area contributed by atoms with Crippen molar-refractivity contribution in [2.75, 3.05) is 7.11 Å². The van der Waals surface area contributed by atoms with Crippen LogP contribution in [0.4, 0.5) is 0 Å². The maximum absolute atomic E-state index is 6.14. The maximum Gasteiger partial charge on any atom is 0.177 e. The highest BCUT2D eigenvalue weighted by Crippen LogP contribution is 2.32. The van der Waals surface area contributed by atoms with E-state index >= 15 is 0 Å². The Morgan fingerprint density at radius 1 is 0.926 bits per heavy atom. The molecule has 27 heavy (non-hydrogen) atoms. The van der Waals surface area contributed by atoms with E-state index in [4.69, 9.17) is 14.1 Å². The fourth-order valence-corrected chi connectivity index (χ4v) is 3.44. The first-order valence-corrected chi connectivity index (χ1v) is 8.89. The van der Waals surface area contributed by atoms with Crippen LogP contribution in [0.3, 0.4) is 0 Å². The molecule has 2 heterocycles. The number of hydrogen-bond donors (Lipinski definition) is 0. The largest absolute Gasteiger partial charge is 0.497 e. The average Bonchev–Trinajstić information content (AvgIpc) is 3.29. The standard InChI is InChI=1S/C23H18N2O2/c1-26-18-12-11-17-13-22(27-21(17)14-18)23-24-19-9-5-6-10-20(19)25(23)15-16-7-3-2-4-8-16/h2-14H,15H2,1H3. The summed E-state index contributed by atoms with van der Waals surface area (Å²) < 4.78 is 13.7. The number of imidazole rings is 1. The van der Waals surface area contributed by atoms with Gasteiger partial charge in [0.15, 0.2) is 11.6 Å². The maximum atomic E-state index is 6.14. The fraction of sp³-hybridized carbons (Fsp3) is 0.0870. The van der Waals surface area contributed by atoms with Crippen LogP contribution in [-0.4, -0.2) is 16.7 Å². The molecule has 0 unspecified atom stereocenters. The van der Waals surface area contributed by atoms with Crippen molar-refractivity contribution >= 4 is 22.0 Å². The molecule has 5 rings (SSSR count). The van der Waals surface area contributed by atoms with Gasteiger partial charge in [-0.1, -0.05) is 42.5 Å². The van der Waals surface area contributed by atoms with Crippen molar-refractivity contribution in [1.82, 2.24) is 9.55 Å². The van der Waals surface area contributed by atoms with Crippen molar-refractivity contribution in [1.29, 1.82) is 0 Å². The second-order valence-corrected chi connectivity index (χ2v) is 6.51.